The van der Waals surface area contributed by atoms with Gasteiger partial charge in [-0.3, -0.25) is 0 Å². The number of piperidine rings is 1. The number of anilines is 1. The Hall–Kier alpha value is -4.36. The second-order valence-electron chi connectivity index (χ2n) is 8.70. The molecule has 0 aliphatic carbocycles. The van der Waals surface area contributed by atoms with Crippen molar-refractivity contribution in [3.05, 3.63) is 77.0 Å². The van der Waals surface area contributed by atoms with Crippen LogP contribution in [0, 0.1) is 18.6 Å². The summed E-state index contributed by atoms with van der Waals surface area (Å²) >= 11 is 0. The number of halogens is 5. The normalized spacial score (nSPS) is 14.8. The minimum absolute atomic E-state index is 0.0283. The van der Waals surface area contributed by atoms with Gasteiger partial charge < -0.3 is 20.2 Å². The summed E-state index contributed by atoms with van der Waals surface area (Å²) in [7, 11) is 0. The van der Waals surface area contributed by atoms with Crippen LogP contribution < -0.4 is 10.1 Å². The van der Waals surface area contributed by atoms with Crippen LogP contribution in [0.2, 0.25) is 0 Å². The van der Waals surface area contributed by atoms with Crippen molar-refractivity contribution >= 4 is 17.4 Å². The molecule has 1 aliphatic rings. The van der Waals surface area contributed by atoms with Gasteiger partial charge in [-0.2, -0.15) is 13.2 Å². The zero-order valence-corrected chi connectivity index (χ0v) is 20.5. The molecule has 0 unspecified atom stereocenters. The SMILES string of the molecule is Cc1ncc(/C(COc2cccc(C(F)(F)F)n2)=N/O)c(C2CCN(C(=O)Nc3c(F)cccc3F)CC2)n1. The van der Waals surface area contributed by atoms with Crippen LogP contribution >= 0.6 is 0 Å². The molecule has 0 atom stereocenters. The average Bonchev–Trinajstić information content (AvgIpc) is 2.91. The van der Waals surface area contributed by atoms with Gasteiger partial charge in [0.15, 0.2) is 0 Å². The summed E-state index contributed by atoms with van der Waals surface area (Å²) in [5.41, 5.74) is -0.852. The van der Waals surface area contributed by atoms with Crippen LogP contribution in [0.25, 0.3) is 0 Å². The minimum Gasteiger partial charge on any atom is -0.471 e. The third-order valence-electron chi connectivity index (χ3n) is 6.10. The maximum Gasteiger partial charge on any atom is 0.433 e. The number of amides is 2. The molecule has 0 saturated carbocycles. The van der Waals surface area contributed by atoms with Crippen molar-refractivity contribution in [1.29, 1.82) is 0 Å². The Morgan fingerprint density at radius 1 is 1.13 bits per heavy atom. The first-order chi connectivity index (χ1) is 18.6. The summed E-state index contributed by atoms with van der Waals surface area (Å²) < 4.78 is 72.1. The molecule has 1 fully saturated rings. The van der Waals surface area contributed by atoms with Crippen molar-refractivity contribution in [2.24, 2.45) is 5.16 Å². The monoisotopic (exact) mass is 550 g/mol. The molecule has 2 amide bonds. The number of carbonyl (C=O) groups excluding carboxylic acids is 1. The number of para-hydroxylation sites is 1. The first-order valence-electron chi connectivity index (χ1n) is 11.8. The van der Waals surface area contributed by atoms with E-state index in [0.29, 0.717) is 29.9 Å². The third kappa shape index (κ3) is 6.56. The zero-order chi connectivity index (χ0) is 28.2. The number of carbonyl (C=O) groups is 1. The van der Waals surface area contributed by atoms with Gasteiger partial charge in [-0.15, -0.1) is 0 Å². The molecule has 39 heavy (non-hydrogen) atoms. The van der Waals surface area contributed by atoms with Gasteiger partial charge in [0.05, 0.1) is 5.69 Å². The Bertz CT molecular complexity index is 1360. The molecule has 3 heterocycles. The van der Waals surface area contributed by atoms with Gasteiger partial charge in [0.1, 0.15) is 41.2 Å². The Morgan fingerprint density at radius 3 is 2.44 bits per heavy atom. The number of urea groups is 1. The van der Waals surface area contributed by atoms with E-state index in [9.17, 15) is 32.0 Å². The molecule has 0 radical (unpaired) electrons. The number of hydrogen-bond acceptors (Lipinski definition) is 7. The molecular weight excluding hydrogens is 527 g/mol. The van der Waals surface area contributed by atoms with E-state index in [1.54, 1.807) is 6.92 Å². The molecule has 1 aromatic carbocycles. The maximum absolute atomic E-state index is 13.9. The number of benzene rings is 1. The molecule has 3 aromatic rings. The summed E-state index contributed by atoms with van der Waals surface area (Å²) in [4.78, 5) is 26.1. The van der Waals surface area contributed by atoms with Crippen LogP contribution in [0.1, 0.15) is 41.5 Å². The number of ether oxygens (including phenoxy) is 1. The zero-order valence-electron chi connectivity index (χ0n) is 20.5. The van der Waals surface area contributed by atoms with Gasteiger partial charge in [-0.25, -0.2) is 28.5 Å². The van der Waals surface area contributed by atoms with Crippen molar-refractivity contribution in [3.63, 3.8) is 0 Å². The number of hydrogen-bond donors (Lipinski definition) is 2. The predicted octanol–water partition coefficient (Wildman–Crippen LogP) is 5.15. The highest BCUT2D eigenvalue weighted by atomic mass is 19.4. The molecule has 2 aromatic heterocycles. The summed E-state index contributed by atoms with van der Waals surface area (Å²) in [6.45, 7) is 1.73. The second-order valence-corrected chi connectivity index (χ2v) is 8.70. The quantitative estimate of drug-likeness (QED) is 0.190. The maximum atomic E-state index is 13.9. The van der Waals surface area contributed by atoms with Gasteiger partial charge >= 0.3 is 12.2 Å². The Kier molecular flexibility index (Phi) is 8.21. The standard InChI is InChI=1S/C25H23F5N6O3/c1-14-31-12-16(19(35-38)13-39-21-7-3-6-20(33-21)25(28,29)30)22(32-14)15-8-10-36(11-9-15)24(37)34-23-17(26)4-2-5-18(23)27/h2-7,12,15,38H,8-11,13H2,1H3,(H,34,37)/b35-19+. The highest BCUT2D eigenvalue weighted by molar-refractivity contribution is 6.02. The third-order valence-corrected chi connectivity index (χ3v) is 6.10. The highest BCUT2D eigenvalue weighted by Gasteiger charge is 2.33. The molecule has 206 valence electrons. The fraction of sp³-hybridized carbons (Fsp3) is 0.320. The lowest BCUT2D eigenvalue weighted by atomic mass is 9.89. The van der Waals surface area contributed by atoms with E-state index in [0.717, 1.165) is 24.3 Å². The molecule has 4 rings (SSSR count). The van der Waals surface area contributed by atoms with E-state index in [1.165, 1.54) is 23.2 Å². The lowest BCUT2D eigenvalue weighted by molar-refractivity contribution is -0.141. The van der Waals surface area contributed by atoms with Gasteiger partial charge in [-0.05, 0) is 38.0 Å². The number of pyridine rings is 1. The van der Waals surface area contributed by atoms with E-state index in [-0.39, 0.29) is 30.6 Å². The van der Waals surface area contributed by atoms with Crippen LogP contribution in [0.3, 0.4) is 0 Å². The van der Waals surface area contributed by atoms with Crippen LogP contribution in [0.4, 0.5) is 32.4 Å². The molecule has 14 heteroatoms. The number of likely N-dealkylation sites (tertiary alicyclic amines) is 1. The fourth-order valence-electron chi connectivity index (χ4n) is 4.14. The predicted molar refractivity (Wildman–Crippen MR) is 129 cm³/mol. The number of aromatic nitrogens is 3. The molecule has 1 aliphatic heterocycles. The summed E-state index contributed by atoms with van der Waals surface area (Å²) in [6.07, 6.45) is -2.38. The van der Waals surface area contributed by atoms with Crippen LogP contribution in [0.5, 0.6) is 5.88 Å². The number of aryl methyl sites for hydroxylation is 1. The van der Waals surface area contributed by atoms with Gasteiger partial charge in [0.25, 0.3) is 0 Å². The van der Waals surface area contributed by atoms with E-state index >= 15 is 0 Å². The van der Waals surface area contributed by atoms with Gasteiger partial charge in [-0.1, -0.05) is 17.3 Å². The smallest absolute Gasteiger partial charge is 0.433 e. The topological polar surface area (TPSA) is 113 Å². The highest BCUT2D eigenvalue weighted by Crippen LogP contribution is 2.31. The van der Waals surface area contributed by atoms with E-state index in [4.69, 9.17) is 4.74 Å². The van der Waals surface area contributed by atoms with Crippen LogP contribution in [-0.4, -0.2) is 56.5 Å². The van der Waals surface area contributed by atoms with Gasteiger partial charge in [0.2, 0.25) is 5.88 Å². The van der Waals surface area contributed by atoms with Crippen molar-refractivity contribution < 1.29 is 36.7 Å². The molecule has 0 spiro atoms. The molecule has 1 saturated heterocycles. The number of nitrogens with one attached hydrogen (secondary N) is 1. The first kappa shape index (κ1) is 27.7. The average molecular weight is 550 g/mol. The molecule has 9 nitrogen and oxygen atoms in total. The van der Waals surface area contributed by atoms with Crippen molar-refractivity contribution in [2.75, 3.05) is 25.0 Å². The van der Waals surface area contributed by atoms with E-state index in [1.807, 2.05) is 0 Å². The Balaban J connectivity index is 1.45. The fourth-order valence-corrected chi connectivity index (χ4v) is 4.14. The number of alkyl halides is 3. The summed E-state index contributed by atoms with van der Waals surface area (Å²) in [5.74, 6) is -1.87. The van der Waals surface area contributed by atoms with Gasteiger partial charge in [0, 0.05) is 36.8 Å². The van der Waals surface area contributed by atoms with Crippen molar-refractivity contribution in [1.82, 2.24) is 19.9 Å². The molecule has 0 bridgehead atoms. The van der Waals surface area contributed by atoms with E-state index in [2.05, 4.69) is 25.4 Å². The molecule has 2 N–H and O–H groups in total. The number of oxime groups is 1. The molecular formula is C25H23F5N6O3. The second kappa shape index (κ2) is 11.6. The van der Waals surface area contributed by atoms with Crippen molar-refractivity contribution in [2.45, 2.75) is 31.9 Å². The lowest BCUT2D eigenvalue weighted by Crippen LogP contribution is -2.41. The Labute approximate surface area is 219 Å². The van der Waals surface area contributed by atoms with Crippen LogP contribution in [-0.2, 0) is 6.18 Å². The number of rotatable bonds is 6. The largest absolute Gasteiger partial charge is 0.471 e. The lowest BCUT2D eigenvalue weighted by Gasteiger charge is -2.32. The van der Waals surface area contributed by atoms with Crippen molar-refractivity contribution in [3.8, 4) is 5.88 Å². The van der Waals surface area contributed by atoms with E-state index < -0.39 is 41.8 Å². The first-order valence-corrected chi connectivity index (χ1v) is 11.8. The Morgan fingerprint density at radius 2 is 1.79 bits per heavy atom. The summed E-state index contributed by atoms with van der Waals surface area (Å²) in [6, 6.07) is 5.80. The number of nitrogens with zero attached hydrogens (tertiary/aromatic N) is 5. The summed E-state index contributed by atoms with van der Waals surface area (Å²) in [5, 5.41) is 15.2. The minimum atomic E-state index is -4.65. The van der Waals surface area contributed by atoms with Crippen LogP contribution in [0.15, 0.2) is 47.8 Å².